The Bertz CT molecular complexity index is 1040. The van der Waals surface area contributed by atoms with Crippen molar-refractivity contribution >= 4 is 5.97 Å². The Morgan fingerprint density at radius 3 is 2.38 bits per heavy atom. The molecule has 1 heterocycles. The minimum absolute atomic E-state index is 0.165. The summed E-state index contributed by atoms with van der Waals surface area (Å²) in [5.74, 6) is -1.04. The number of carbonyl (C=O) groups is 1. The highest BCUT2D eigenvalue weighted by Crippen LogP contribution is 2.65. The minimum Gasteiger partial charge on any atom is -0.462 e. The molecular formula is C27H29N3O2. The summed E-state index contributed by atoms with van der Waals surface area (Å²) in [7, 11) is 0. The van der Waals surface area contributed by atoms with Gasteiger partial charge < -0.3 is 4.74 Å². The zero-order chi connectivity index (χ0) is 22.9. The van der Waals surface area contributed by atoms with Gasteiger partial charge in [0.25, 0.3) is 0 Å². The van der Waals surface area contributed by atoms with Crippen LogP contribution >= 0.6 is 0 Å². The number of ether oxygens (including phenoxy) is 1. The Kier molecular flexibility index (Phi) is 5.78. The van der Waals surface area contributed by atoms with Crippen molar-refractivity contribution in [1.82, 2.24) is 4.98 Å². The van der Waals surface area contributed by atoms with E-state index in [9.17, 15) is 15.3 Å². The van der Waals surface area contributed by atoms with E-state index in [1.54, 1.807) is 24.5 Å². The van der Waals surface area contributed by atoms with Crippen LogP contribution in [0.4, 0.5) is 0 Å². The summed E-state index contributed by atoms with van der Waals surface area (Å²) in [6, 6.07) is 18.1. The number of esters is 1. The quantitative estimate of drug-likeness (QED) is 0.616. The van der Waals surface area contributed by atoms with E-state index in [1.807, 2.05) is 18.2 Å². The van der Waals surface area contributed by atoms with Crippen LogP contribution < -0.4 is 0 Å². The standard InChI is InChI=1S/C27H29N3O2/c1-18-9-10-21(26(2,3)20-7-5-4-6-8-20)22(15-18)32-25(31)24-23(27(24,16-28)17-29)19-11-13-30-14-12-19/h4-8,11-14,18,21-24H,9-10,15H2,1-3H3/t18-,21-,22-,23-,24+/m1/s1. The molecule has 0 radical (unpaired) electrons. The molecule has 0 N–H and O–H groups in total. The largest absolute Gasteiger partial charge is 0.462 e. The molecule has 164 valence electrons. The van der Waals surface area contributed by atoms with Crippen LogP contribution in [0.2, 0.25) is 0 Å². The fraction of sp³-hybridized carbons (Fsp3) is 0.481. The molecule has 2 aliphatic rings. The lowest BCUT2D eigenvalue weighted by Gasteiger charge is -2.44. The van der Waals surface area contributed by atoms with Crippen molar-refractivity contribution in [3.63, 3.8) is 0 Å². The number of carbonyl (C=O) groups excluding carboxylic acids is 1. The molecule has 0 aliphatic heterocycles. The third-order valence-corrected chi connectivity index (χ3v) is 7.66. The number of aromatic nitrogens is 1. The highest BCUT2D eigenvalue weighted by Gasteiger charge is 2.72. The predicted octanol–water partition coefficient (Wildman–Crippen LogP) is 5.15. The molecular weight excluding hydrogens is 398 g/mol. The SMILES string of the molecule is C[C@@H]1CC[C@@H](C(C)(C)c2ccccc2)[C@H](OC(=O)[C@@H]2[C@@H](c3ccncc3)C2(C#N)C#N)C1. The van der Waals surface area contributed by atoms with Gasteiger partial charge in [-0.2, -0.15) is 10.5 Å². The average Bonchev–Trinajstić information content (AvgIpc) is 3.50. The van der Waals surface area contributed by atoms with E-state index in [4.69, 9.17) is 4.74 Å². The number of rotatable bonds is 5. The molecule has 0 amide bonds. The van der Waals surface area contributed by atoms with Gasteiger partial charge in [0.15, 0.2) is 5.41 Å². The first-order valence-electron chi connectivity index (χ1n) is 11.3. The number of hydrogen-bond donors (Lipinski definition) is 0. The van der Waals surface area contributed by atoms with Crippen LogP contribution in [-0.2, 0) is 14.9 Å². The number of nitrogens with zero attached hydrogens (tertiary/aromatic N) is 3. The average molecular weight is 428 g/mol. The van der Waals surface area contributed by atoms with Gasteiger partial charge in [0.2, 0.25) is 0 Å². The Hall–Kier alpha value is -3.18. The molecule has 1 aromatic heterocycles. The van der Waals surface area contributed by atoms with Gasteiger partial charge in [-0.3, -0.25) is 9.78 Å². The van der Waals surface area contributed by atoms with Crippen LogP contribution in [0, 0.1) is 45.8 Å². The lowest BCUT2D eigenvalue weighted by Crippen LogP contribution is -2.43. The van der Waals surface area contributed by atoms with Crippen LogP contribution in [0.15, 0.2) is 54.9 Å². The van der Waals surface area contributed by atoms with Crippen molar-refractivity contribution < 1.29 is 9.53 Å². The van der Waals surface area contributed by atoms with Gasteiger partial charge in [0.1, 0.15) is 6.10 Å². The first kappa shape index (κ1) is 22.0. The summed E-state index contributed by atoms with van der Waals surface area (Å²) in [6.07, 6.45) is 5.87. The normalized spacial score (nSPS) is 28.7. The summed E-state index contributed by atoms with van der Waals surface area (Å²) in [4.78, 5) is 17.4. The Balaban J connectivity index is 1.59. The topological polar surface area (TPSA) is 86.8 Å². The molecule has 2 saturated carbocycles. The summed E-state index contributed by atoms with van der Waals surface area (Å²) in [6.45, 7) is 6.63. The molecule has 5 nitrogen and oxygen atoms in total. The van der Waals surface area contributed by atoms with E-state index in [0.29, 0.717) is 5.92 Å². The lowest BCUT2D eigenvalue weighted by molar-refractivity contribution is -0.158. The van der Waals surface area contributed by atoms with E-state index < -0.39 is 23.2 Å². The summed E-state index contributed by atoms with van der Waals surface area (Å²) in [5.41, 5.74) is 0.471. The maximum absolute atomic E-state index is 13.4. The number of pyridine rings is 1. The molecule has 4 rings (SSSR count). The van der Waals surface area contributed by atoms with Gasteiger partial charge in [-0.25, -0.2) is 0 Å². The molecule has 5 atom stereocenters. The van der Waals surface area contributed by atoms with Crippen LogP contribution in [0.5, 0.6) is 0 Å². The van der Waals surface area contributed by atoms with E-state index >= 15 is 0 Å². The molecule has 32 heavy (non-hydrogen) atoms. The van der Waals surface area contributed by atoms with Gasteiger partial charge in [0, 0.05) is 24.2 Å². The first-order valence-corrected chi connectivity index (χ1v) is 11.3. The molecule has 2 aromatic rings. The highest BCUT2D eigenvalue weighted by atomic mass is 16.5. The minimum atomic E-state index is -1.37. The van der Waals surface area contributed by atoms with Crippen LogP contribution in [-0.4, -0.2) is 17.1 Å². The van der Waals surface area contributed by atoms with Crippen molar-refractivity contribution in [3.8, 4) is 12.1 Å². The Morgan fingerprint density at radius 2 is 1.75 bits per heavy atom. The van der Waals surface area contributed by atoms with Crippen molar-refractivity contribution in [2.45, 2.75) is 57.5 Å². The van der Waals surface area contributed by atoms with Gasteiger partial charge in [0.05, 0.1) is 18.1 Å². The third-order valence-electron chi connectivity index (χ3n) is 7.66. The lowest BCUT2D eigenvalue weighted by atomic mass is 9.64. The smallest absolute Gasteiger partial charge is 0.312 e. The van der Waals surface area contributed by atoms with E-state index in [-0.39, 0.29) is 17.4 Å². The third kappa shape index (κ3) is 3.67. The zero-order valence-corrected chi connectivity index (χ0v) is 18.9. The van der Waals surface area contributed by atoms with Crippen molar-refractivity contribution in [2.75, 3.05) is 0 Å². The molecule has 2 aliphatic carbocycles. The van der Waals surface area contributed by atoms with Crippen molar-refractivity contribution in [2.24, 2.45) is 23.2 Å². The van der Waals surface area contributed by atoms with Crippen molar-refractivity contribution in [3.05, 3.63) is 66.0 Å². The monoisotopic (exact) mass is 427 g/mol. The fourth-order valence-corrected chi connectivity index (χ4v) is 5.63. The van der Waals surface area contributed by atoms with Crippen LogP contribution in [0.25, 0.3) is 0 Å². The number of nitriles is 2. The van der Waals surface area contributed by atoms with Gasteiger partial charge in [-0.05, 0) is 47.4 Å². The highest BCUT2D eigenvalue weighted by molar-refractivity contribution is 5.82. The molecule has 1 aromatic carbocycles. The molecule has 2 fully saturated rings. The second kappa shape index (κ2) is 8.40. The van der Waals surface area contributed by atoms with Gasteiger partial charge >= 0.3 is 5.97 Å². The summed E-state index contributed by atoms with van der Waals surface area (Å²) < 4.78 is 6.16. The summed E-state index contributed by atoms with van der Waals surface area (Å²) >= 11 is 0. The van der Waals surface area contributed by atoms with E-state index in [0.717, 1.165) is 24.8 Å². The second-order valence-electron chi connectivity index (χ2n) is 9.92. The second-order valence-corrected chi connectivity index (χ2v) is 9.92. The Labute approximate surface area is 190 Å². The van der Waals surface area contributed by atoms with Crippen LogP contribution in [0.1, 0.15) is 57.1 Å². The van der Waals surface area contributed by atoms with E-state index in [1.165, 1.54) is 5.56 Å². The first-order chi connectivity index (χ1) is 15.3. The van der Waals surface area contributed by atoms with Crippen molar-refractivity contribution in [1.29, 1.82) is 10.5 Å². The summed E-state index contributed by atoms with van der Waals surface area (Å²) in [5, 5.41) is 19.6. The zero-order valence-electron chi connectivity index (χ0n) is 18.9. The molecule has 0 spiro atoms. The van der Waals surface area contributed by atoms with Crippen LogP contribution in [0.3, 0.4) is 0 Å². The molecule has 0 unspecified atom stereocenters. The Morgan fingerprint density at radius 1 is 1.09 bits per heavy atom. The molecule has 0 saturated heterocycles. The van der Waals surface area contributed by atoms with Gasteiger partial charge in [-0.1, -0.05) is 57.5 Å². The fourth-order valence-electron chi connectivity index (χ4n) is 5.63. The molecule has 0 bridgehead atoms. The van der Waals surface area contributed by atoms with E-state index in [2.05, 4.69) is 50.0 Å². The molecule has 5 heteroatoms. The number of benzene rings is 1. The number of hydrogen-bond acceptors (Lipinski definition) is 5. The maximum atomic E-state index is 13.4. The maximum Gasteiger partial charge on any atom is 0.312 e. The predicted molar refractivity (Wildman–Crippen MR) is 120 cm³/mol. The van der Waals surface area contributed by atoms with Gasteiger partial charge in [-0.15, -0.1) is 0 Å².